The van der Waals surface area contributed by atoms with Crippen molar-refractivity contribution < 1.29 is 14.0 Å². The van der Waals surface area contributed by atoms with E-state index in [9.17, 15) is 14.0 Å². The molecule has 0 bridgehead atoms. The largest absolute Gasteiger partial charge is 0.338 e. The van der Waals surface area contributed by atoms with E-state index in [2.05, 4.69) is 10.6 Å². The van der Waals surface area contributed by atoms with Crippen LogP contribution in [-0.4, -0.2) is 29.8 Å². The van der Waals surface area contributed by atoms with Crippen LogP contribution < -0.4 is 10.6 Å². The maximum atomic E-state index is 14.7. The van der Waals surface area contributed by atoms with Crippen LogP contribution in [0.1, 0.15) is 39.9 Å². The standard InChI is InChI=1S/C21H22FN3O2/c22-20-17-8-9-23-12-16(17)6-7-18(20)24-21(27)15-4-1-3-14(11-15)13-25-10-2-5-19(25)26/h1,3-4,6-7,11,23H,2,5,8-10,12-13H2,(H,24,27). The molecule has 4 rings (SSSR count). The lowest BCUT2D eigenvalue weighted by atomic mass is 9.99. The van der Waals surface area contributed by atoms with E-state index in [-0.39, 0.29) is 23.3 Å². The molecule has 2 N–H and O–H groups in total. The highest BCUT2D eigenvalue weighted by molar-refractivity contribution is 6.04. The second-order valence-electron chi connectivity index (χ2n) is 7.06. The van der Waals surface area contributed by atoms with Crippen molar-refractivity contribution in [1.82, 2.24) is 10.2 Å². The number of halogens is 1. The molecule has 0 spiro atoms. The molecule has 0 saturated carbocycles. The number of likely N-dealkylation sites (tertiary alicyclic amines) is 1. The summed E-state index contributed by atoms with van der Waals surface area (Å²) in [6.07, 6.45) is 2.09. The van der Waals surface area contributed by atoms with Crippen LogP contribution in [0.15, 0.2) is 36.4 Å². The van der Waals surface area contributed by atoms with E-state index >= 15 is 0 Å². The number of carbonyl (C=O) groups is 2. The van der Waals surface area contributed by atoms with Crippen LogP contribution in [-0.2, 0) is 24.3 Å². The topological polar surface area (TPSA) is 61.4 Å². The van der Waals surface area contributed by atoms with Crippen LogP contribution in [0.4, 0.5) is 10.1 Å². The summed E-state index contributed by atoms with van der Waals surface area (Å²) >= 11 is 0. The molecule has 0 aromatic heterocycles. The van der Waals surface area contributed by atoms with Gasteiger partial charge in [-0.1, -0.05) is 18.2 Å². The monoisotopic (exact) mass is 367 g/mol. The van der Waals surface area contributed by atoms with Crippen LogP contribution in [0.5, 0.6) is 0 Å². The fourth-order valence-corrected chi connectivity index (χ4v) is 3.73. The first-order valence-electron chi connectivity index (χ1n) is 9.31. The van der Waals surface area contributed by atoms with Crippen LogP contribution in [0.2, 0.25) is 0 Å². The first-order chi connectivity index (χ1) is 13.1. The maximum Gasteiger partial charge on any atom is 0.255 e. The number of nitrogens with one attached hydrogen (secondary N) is 2. The van der Waals surface area contributed by atoms with Gasteiger partial charge < -0.3 is 15.5 Å². The molecule has 5 nitrogen and oxygen atoms in total. The molecule has 0 aliphatic carbocycles. The molecule has 2 aromatic rings. The van der Waals surface area contributed by atoms with E-state index in [0.29, 0.717) is 37.1 Å². The molecule has 1 fully saturated rings. The van der Waals surface area contributed by atoms with Gasteiger partial charge in [0.05, 0.1) is 5.69 Å². The average molecular weight is 367 g/mol. The van der Waals surface area contributed by atoms with Crippen molar-refractivity contribution in [2.24, 2.45) is 0 Å². The SMILES string of the molecule is O=C(Nc1ccc2c(c1F)CCNC2)c1cccc(CN2CCCC2=O)c1. The molecule has 0 atom stereocenters. The second kappa shape index (κ2) is 7.48. The number of fused-ring (bicyclic) bond motifs is 1. The van der Waals surface area contributed by atoms with Gasteiger partial charge in [0.2, 0.25) is 5.91 Å². The van der Waals surface area contributed by atoms with Crippen molar-refractivity contribution in [2.45, 2.75) is 32.4 Å². The highest BCUT2D eigenvalue weighted by Gasteiger charge is 2.21. The zero-order valence-electron chi connectivity index (χ0n) is 15.1. The quantitative estimate of drug-likeness (QED) is 0.874. The minimum atomic E-state index is -0.350. The highest BCUT2D eigenvalue weighted by atomic mass is 19.1. The van der Waals surface area contributed by atoms with E-state index in [1.807, 2.05) is 12.1 Å². The summed E-state index contributed by atoms with van der Waals surface area (Å²) in [7, 11) is 0. The average Bonchev–Trinajstić information content (AvgIpc) is 3.09. The summed E-state index contributed by atoms with van der Waals surface area (Å²) in [5.41, 5.74) is 3.18. The van der Waals surface area contributed by atoms with Crippen molar-refractivity contribution >= 4 is 17.5 Å². The Labute approximate surface area is 157 Å². The van der Waals surface area contributed by atoms with Crippen LogP contribution in [0.25, 0.3) is 0 Å². The minimum absolute atomic E-state index is 0.149. The Morgan fingerprint density at radius 2 is 2.11 bits per heavy atom. The van der Waals surface area contributed by atoms with E-state index in [1.54, 1.807) is 29.2 Å². The van der Waals surface area contributed by atoms with E-state index in [0.717, 1.165) is 30.6 Å². The molecular weight excluding hydrogens is 345 g/mol. The number of rotatable bonds is 4. The molecule has 2 heterocycles. The molecule has 6 heteroatoms. The van der Waals surface area contributed by atoms with Crippen LogP contribution >= 0.6 is 0 Å². The van der Waals surface area contributed by atoms with E-state index in [4.69, 9.17) is 0 Å². The van der Waals surface area contributed by atoms with E-state index in [1.165, 1.54) is 0 Å². The van der Waals surface area contributed by atoms with Gasteiger partial charge in [-0.15, -0.1) is 0 Å². The lowest BCUT2D eigenvalue weighted by Gasteiger charge is -2.19. The highest BCUT2D eigenvalue weighted by Crippen LogP contribution is 2.25. The third-order valence-corrected chi connectivity index (χ3v) is 5.19. The number of benzene rings is 2. The molecule has 2 aromatic carbocycles. The van der Waals surface area contributed by atoms with Crippen molar-refractivity contribution in [2.75, 3.05) is 18.4 Å². The van der Waals surface area contributed by atoms with Crippen molar-refractivity contribution in [3.63, 3.8) is 0 Å². The first kappa shape index (κ1) is 17.7. The lowest BCUT2D eigenvalue weighted by Crippen LogP contribution is -2.25. The summed E-state index contributed by atoms with van der Waals surface area (Å²) in [6, 6.07) is 10.6. The molecule has 27 heavy (non-hydrogen) atoms. The van der Waals surface area contributed by atoms with Gasteiger partial charge in [-0.05, 0) is 54.3 Å². The van der Waals surface area contributed by atoms with Gasteiger partial charge in [0.1, 0.15) is 5.82 Å². The first-order valence-corrected chi connectivity index (χ1v) is 9.31. The Hall–Kier alpha value is -2.73. The number of anilines is 1. The van der Waals surface area contributed by atoms with Gasteiger partial charge in [0.15, 0.2) is 0 Å². The number of carbonyl (C=O) groups excluding carboxylic acids is 2. The lowest BCUT2D eigenvalue weighted by molar-refractivity contribution is -0.128. The Kier molecular flexibility index (Phi) is 4.90. The molecule has 140 valence electrons. The van der Waals surface area contributed by atoms with Gasteiger partial charge in [-0.2, -0.15) is 0 Å². The summed E-state index contributed by atoms with van der Waals surface area (Å²) in [4.78, 5) is 26.2. The Morgan fingerprint density at radius 3 is 2.93 bits per heavy atom. The summed E-state index contributed by atoms with van der Waals surface area (Å²) in [5, 5.41) is 5.90. The van der Waals surface area contributed by atoms with Crippen LogP contribution in [0.3, 0.4) is 0 Å². The minimum Gasteiger partial charge on any atom is -0.338 e. The molecule has 2 amide bonds. The molecule has 0 radical (unpaired) electrons. The van der Waals surface area contributed by atoms with Crippen molar-refractivity contribution in [3.8, 4) is 0 Å². The van der Waals surface area contributed by atoms with Gasteiger partial charge in [-0.25, -0.2) is 4.39 Å². The predicted octanol–water partition coefficient (Wildman–Crippen LogP) is 2.85. The summed E-state index contributed by atoms with van der Waals surface area (Å²) in [5.74, 6) is -0.547. The van der Waals surface area contributed by atoms with Gasteiger partial charge >= 0.3 is 0 Å². The summed E-state index contributed by atoms with van der Waals surface area (Å²) in [6.45, 7) is 2.64. The molecule has 0 unspecified atom stereocenters. The molecular formula is C21H22FN3O2. The number of hydrogen-bond acceptors (Lipinski definition) is 3. The Morgan fingerprint density at radius 1 is 1.22 bits per heavy atom. The number of amides is 2. The number of nitrogens with zero attached hydrogens (tertiary/aromatic N) is 1. The molecule has 2 aliphatic heterocycles. The van der Waals surface area contributed by atoms with Crippen molar-refractivity contribution in [3.05, 3.63) is 64.5 Å². The zero-order chi connectivity index (χ0) is 18.8. The molecule has 2 aliphatic rings. The fraction of sp³-hybridized carbons (Fsp3) is 0.333. The van der Waals surface area contributed by atoms with Crippen molar-refractivity contribution in [1.29, 1.82) is 0 Å². The predicted molar refractivity (Wildman–Crippen MR) is 101 cm³/mol. The zero-order valence-corrected chi connectivity index (χ0v) is 15.1. The molecule has 1 saturated heterocycles. The Bertz CT molecular complexity index is 897. The summed E-state index contributed by atoms with van der Waals surface area (Å²) < 4.78 is 14.7. The number of hydrogen-bond donors (Lipinski definition) is 2. The second-order valence-corrected chi connectivity index (χ2v) is 7.06. The smallest absolute Gasteiger partial charge is 0.255 e. The Balaban J connectivity index is 1.50. The normalized spacial score (nSPS) is 16.3. The van der Waals surface area contributed by atoms with E-state index < -0.39 is 0 Å². The third-order valence-electron chi connectivity index (χ3n) is 5.19. The van der Waals surface area contributed by atoms with Gasteiger partial charge in [0.25, 0.3) is 5.91 Å². The van der Waals surface area contributed by atoms with Crippen LogP contribution in [0, 0.1) is 5.82 Å². The third kappa shape index (κ3) is 3.71. The van der Waals surface area contributed by atoms with Gasteiger partial charge in [-0.3, -0.25) is 9.59 Å². The fourth-order valence-electron chi connectivity index (χ4n) is 3.73. The van der Waals surface area contributed by atoms with Gasteiger partial charge in [0, 0.05) is 31.6 Å². The maximum absolute atomic E-state index is 14.7.